The lowest BCUT2D eigenvalue weighted by molar-refractivity contribution is 0.0790. The number of hydrogen-bond donors (Lipinski definition) is 0. The molecular weight excluding hydrogens is 342 g/mol. The molecule has 1 aliphatic rings. The summed E-state index contributed by atoms with van der Waals surface area (Å²) < 4.78 is 5.90. The minimum atomic E-state index is 0.0129. The van der Waals surface area contributed by atoms with Gasteiger partial charge in [0.2, 0.25) is 11.8 Å². The number of pyridine rings is 1. The summed E-state index contributed by atoms with van der Waals surface area (Å²) in [5.41, 5.74) is 2.65. The van der Waals surface area contributed by atoms with Gasteiger partial charge in [-0.2, -0.15) is 0 Å². The van der Waals surface area contributed by atoms with Crippen molar-refractivity contribution in [2.45, 2.75) is 12.3 Å². The largest absolute Gasteiger partial charge is 0.420 e. The first-order chi connectivity index (χ1) is 13.1. The topological polar surface area (TPSA) is 75.4 Å². The molecule has 1 aromatic carbocycles. The SMILES string of the molecule is CN(C)c1ccc(-c2nnc(C3CCN(C(=O)c4ccncc4)C3)o2)cc1. The van der Waals surface area contributed by atoms with Crippen molar-refractivity contribution in [3.05, 3.63) is 60.2 Å². The zero-order chi connectivity index (χ0) is 18.8. The van der Waals surface area contributed by atoms with Crippen LogP contribution in [0.15, 0.2) is 53.2 Å². The third-order valence-corrected chi connectivity index (χ3v) is 4.82. The number of carbonyl (C=O) groups excluding carboxylic acids is 1. The molecule has 0 N–H and O–H groups in total. The minimum Gasteiger partial charge on any atom is -0.420 e. The quantitative estimate of drug-likeness (QED) is 0.709. The van der Waals surface area contributed by atoms with Crippen LogP contribution in [0, 0.1) is 0 Å². The van der Waals surface area contributed by atoms with E-state index in [-0.39, 0.29) is 11.8 Å². The second-order valence-corrected chi connectivity index (χ2v) is 6.86. The van der Waals surface area contributed by atoms with Gasteiger partial charge in [-0.25, -0.2) is 0 Å². The van der Waals surface area contributed by atoms with Gasteiger partial charge in [-0.05, 0) is 42.8 Å². The molecule has 3 aromatic rings. The predicted molar refractivity (Wildman–Crippen MR) is 102 cm³/mol. The van der Waals surface area contributed by atoms with Gasteiger partial charge in [-0.3, -0.25) is 9.78 Å². The van der Waals surface area contributed by atoms with Crippen LogP contribution in [0.2, 0.25) is 0 Å². The maximum atomic E-state index is 12.6. The molecule has 0 saturated carbocycles. The maximum Gasteiger partial charge on any atom is 0.253 e. The molecule has 1 aliphatic heterocycles. The van der Waals surface area contributed by atoms with Gasteiger partial charge < -0.3 is 14.2 Å². The molecular formula is C20H21N5O2. The van der Waals surface area contributed by atoms with Gasteiger partial charge in [0.15, 0.2) is 0 Å². The van der Waals surface area contributed by atoms with E-state index in [2.05, 4.69) is 15.2 Å². The lowest BCUT2D eigenvalue weighted by Crippen LogP contribution is -2.28. The average Bonchev–Trinajstić information content (AvgIpc) is 3.38. The standard InChI is InChI=1S/C20H21N5O2/c1-24(2)17-5-3-14(4-6-17)18-22-23-19(27-18)16-9-12-25(13-16)20(26)15-7-10-21-11-8-15/h3-8,10-11,16H,9,12-13H2,1-2H3. The van der Waals surface area contributed by atoms with Crippen molar-refractivity contribution in [3.63, 3.8) is 0 Å². The second-order valence-electron chi connectivity index (χ2n) is 6.86. The summed E-state index contributed by atoms with van der Waals surface area (Å²) in [5, 5.41) is 8.42. The van der Waals surface area contributed by atoms with E-state index in [0.717, 1.165) is 17.7 Å². The molecule has 0 bridgehead atoms. The first-order valence-corrected chi connectivity index (χ1v) is 8.92. The summed E-state index contributed by atoms with van der Waals surface area (Å²) in [6.07, 6.45) is 4.08. The highest BCUT2D eigenvalue weighted by atomic mass is 16.4. The second kappa shape index (κ2) is 7.19. The number of carbonyl (C=O) groups is 1. The van der Waals surface area contributed by atoms with E-state index in [9.17, 15) is 4.79 Å². The van der Waals surface area contributed by atoms with E-state index in [4.69, 9.17) is 4.42 Å². The van der Waals surface area contributed by atoms with E-state index in [0.29, 0.717) is 30.4 Å². The first kappa shape index (κ1) is 17.2. The number of anilines is 1. The van der Waals surface area contributed by atoms with Crippen LogP contribution < -0.4 is 4.90 Å². The molecule has 3 heterocycles. The molecule has 7 nitrogen and oxygen atoms in total. The molecule has 0 radical (unpaired) electrons. The Hall–Kier alpha value is -3.22. The number of rotatable bonds is 4. The summed E-state index contributed by atoms with van der Waals surface area (Å²) in [6, 6.07) is 11.4. The van der Waals surface area contributed by atoms with Gasteiger partial charge in [0, 0.05) is 56.4 Å². The van der Waals surface area contributed by atoms with Crippen molar-refractivity contribution in [2.75, 3.05) is 32.1 Å². The van der Waals surface area contributed by atoms with E-state index >= 15 is 0 Å². The summed E-state index contributed by atoms with van der Waals surface area (Å²) in [4.78, 5) is 20.4. The van der Waals surface area contributed by atoms with E-state index < -0.39 is 0 Å². The fraction of sp³-hybridized carbons (Fsp3) is 0.300. The van der Waals surface area contributed by atoms with Crippen molar-refractivity contribution in [1.29, 1.82) is 0 Å². The Labute approximate surface area is 157 Å². The van der Waals surface area contributed by atoms with E-state index in [1.54, 1.807) is 24.5 Å². The van der Waals surface area contributed by atoms with Gasteiger partial charge in [-0.15, -0.1) is 10.2 Å². The van der Waals surface area contributed by atoms with Gasteiger partial charge in [-0.1, -0.05) is 0 Å². The van der Waals surface area contributed by atoms with E-state index in [1.807, 2.05) is 48.2 Å². The third-order valence-electron chi connectivity index (χ3n) is 4.82. The summed E-state index contributed by atoms with van der Waals surface area (Å²) >= 11 is 0. The van der Waals surface area contributed by atoms with Crippen molar-refractivity contribution in [3.8, 4) is 11.5 Å². The Morgan fingerprint density at radius 1 is 1.11 bits per heavy atom. The van der Waals surface area contributed by atoms with Crippen LogP contribution in [-0.2, 0) is 0 Å². The number of hydrogen-bond acceptors (Lipinski definition) is 6. The maximum absolute atomic E-state index is 12.6. The fourth-order valence-corrected chi connectivity index (χ4v) is 3.24. The predicted octanol–water partition coefficient (Wildman–Crippen LogP) is 2.83. The molecule has 1 saturated heterocycles. The first-order valence-electron chi connectivity index (χ1n) is 8.92. The Balaban J connectivity index is 1.45. The molecule has 0 spiro atoms. The average molecular weight is 363 g/mol. The Morgan fingerprint density at radius 3 is 2.56 bits per heavy atom. The van der Waals surface area contributed by atoms with Crippen LogP contribution >= 0.6 is 0 Å². The molecule has 1 amide bonds. The van der Waals surface area contributed by atoms with E-state index in [1.165, 1.54) is 0 Å². The highest BCUT2D eigenvalue weighted by Crippen LogP contribution is 2.30. The molecule has 1 fully saturated rings. The minimum absolute atomic E-state index is 0.0129. The molecule has 7 heteroatoms. The Kier molecular flexibility index (Phi) is 4.58. The number of benzene rings is 1. The molecule has 0 aliphatic carbocycles. The highest BCUT2D eigenvalue weighted by Gasteiger charge is 2.31. The molecule has 1 atom stereocenters. The number of nitrogens with zero attached hydrogens (tertiary/aromatic N) is 5. The lowest BCUT2D eigenvalue weighted by atomic mass is 10.1. The fourth-order valence-electron chi connectivity index (χ4n) is 3.24. The lowest BCUT2D eigenvalue weighted by Gasteiger charge is -2.15. The third kappa shape index (κ3) is 3.53. The molecule has 4 rings (SSSR count). The monoisotopic (exact) mass is 363 g/mol. The Bertz CT molecular complexity index is 921. The molecule has 2 aromatic heterocycles. The molecule has 1 unspecified atom stereocenters. The van der Waals surface area contributed by atoms with Crippen molar-refractivity contribution >= 4 is 11.6 Å². The zero-order valence-corrected chi connectivity index (χ0v) is 15.4. The normalized spacial score (nSPS) is 16.5. The van der Waals surface area contributed by atoms with Crippen molar-refractivity contribution in [2.24, 2.45) is 0 Å². The smallest absolute Gasteiger partial charge is 0.253 e. The van der Waals surface area contributed by atoms with Crippen LogP contribution in [0.4, 0.5) is 5.69 Å². The van der Waals surface area contributed by atoms with Gasteiger partial charge in [0.25, 0.3) is 5.91 Å². The van der Waals surface area contributed by atoms with Gasteiger partial charge >= 0.3 is 0 Å². The van der Waals surface area contributed by atoms with Crippen LogP contribution in [0.3, 0.4) is 0 Å². The van der Waals surface area contributed by atoms with Crippen LogP contribution in [-0.4, -0.2) is 53.2 Å². The van der Waals surface area contributed by atoms with Crippen LogP contribution in [0.1, 0.15) is 28.6 Å². The number of amides is 1. The highest BCUT2D eigenvalue weighted by molar-refractivity contribution is 5.94. The number of likely N-dealkylation sites (tertiary alicyclic amines) is 1. The van der Waals surface area contributed by atoms with Gasteiger partial charge in [0.1, 0.15) is 0 Å². The van der Waals surface area contributed by atoms with Crippen LogP contribution in [0.25, 0.3) is 11.5 Å². The van der Waals surface area contributed by atoms with Crippen LogP contribution in [0.5, 0.6) is 0 Å². The Morgan fingerprint density at radius 2 is 1.85 bits per heavy atom. The molecule has 138 valence electrons. The van der Waals surface area contributed by atoms with Crippen molar-refractivity contribution in [1.82, 2.24) is 20.1 Å². The summed E-state index contributed by atoms with van der Waals surface area (Å²) in [7, 11) is 4.00. The van der Waals surface area contributed by atoms with Crippen molar-refractivity contribution < 1.29 is 9.21 Å². The van der Waals surface area contributed by atoms with Gasteiger partial charge in [0.05, 0.1) is 5.92 Å². The number of aromatic nitrogens is 3. The zero-order valence-electron chi connectivity index (χ0n) is 15.4. The summed E-state index contributed by atoms with van der Waals surface area (Å²) in [5.74, 6) is 1.18. The molecule has 27 heavy (non-hydrogen) atoms. The summed E-state index contributed by atoms with van der Waals surface area (Å²) in [6.45, 7) is 1.27.